The second kappa shape index (κ2) is 4.36. The van der Waals surface area contributed by atoms with Gasteiger partial charge in [-0.3, -0.25) is 0 Å². The lowest BCUT2D eigenvalue weighted by molar-refractivity contribution is 0.465. The molecule has 2 N–H and O–H groups in total. The van der Waals surface area contributed by atoms with Crippen LogP contribution in [0.5, 0.6) is 0 Å². The summed E-state index contributed by atoms with van der Waals surface area (Å²) in [5.74, 6) is -0.712. The van der Waals surface area contributed by atoms with Crippen molar-refractivity contribution < 1.29 is 12.8 Å². The Labute approximate surface area is 100 Å². The highest BCUT2D eigenvalue weighted by Crippen LogP contribution is 2.23. The molecule has 1 saturated heterocycles. The maximum atomic E-state index is 13.6. The molecule has 1 fully saturated rings. The van der Waals surface area contributed by atoms with Gasteiger partial charge in [0.2, 0.25) is 10.0 Å². The van der Waals surface area contributed by atoms with Crippen LogP contribution >= 0.6 is 0 Å². The van der Waals surface area contributed by atoms with E-state index in [2.05, 4.69) is 0 Å². The first-order valence-corrected chi connectivity index (χ1v) is 6.87. The molecule has 6 heteroatoms. The van der Waals surface area contributed by atoms with Crippen LogP contribution in [0.1, 0.15) is 12.0 Å². The Kier molecular flexibility index (Phi) is 3.20. The summed E-state index contributed by atoms with van der Waals surface area (Å²) in [5, 5.41) is 0. The Hall–Kier alpha value is -0.980. The van der Waals surface area contributed by atoms with E-state index >= 15 is 0 Å². The predicted octanol–water partition coefficient (Wildman–Crippen LogP) is 0.856. The van der Waals surface area contributed by atoms with E-state index < -0.39 is 15.8 Å². The van der Waals surface area contributed by atoms with Crippen molar-refractivity contribution in [2.24, 2.45) is 5.73 Å². The molecule has 0 bridgehead atoms. The highest BCUT2D eigenvalue weighted by molar-refractivity contribution is 7.89. The van der Waals surface area contributed by atoms with Crippen LogP contribution in [-0.4, -0.2) is 31.9 Å². The molecule has 94 valence electrons. The van der Waals surface area contributed by atoms with Gasteiger partial charge in [-0.15, -0.1) is 0 Å². The molecule has 0 unspecified atom stereocenters. The zero-order chi connectivity index (χ0) is 12.6. The first kappa shape index (κ1) is 12.5. The Bertz CT molecular complexity index is 530. The molecule has 1 aromatic carbocycles. The summed E-state index contributed by atoms with van der Waals surface area (Å²) in [4.78, 5) is -0.258. The molecule has 1 heterocycles. The van der Waals surface area contributed by atoms with E-state index in [1.54, 1.807) is 13.0 Å². The van der Waals surface area contributed by atoms with E-state index in [4.69, 9.17) is 5.73 Å². The van der Waals surface area contributed by atoms with Gasteiger partial charge in [-0.05, 0) is 31.0 Å². The van der Waals surface area contributed by atoms with E-state index in [-0.39, 0.29) is 17.5 Å². The van der Waals surface area contributed by atoms with E-state index in [1.807, 2.05) is 0 Å². The SMILES string of the molecule is Cc1ccc(F)c(S(=O)(=O)N2CC[C@H](N)C2)c1. The summed E-state index contributed by atoms with van der Waals surface area (Å²) >= 11 is 0. The van der Waals surface area contributed by atoms with Gasteiger partial charge in [-0.25, -0.2) is 12.8 Å². The number of hydrogen-bond acceptors (Lipinski definition) is 3. The molecule has 0 saturated carbocycles. The summed E-state index contributed by atoms with van der Waals surface area (Å²) in [5.41, 5.74) is 6.38. The molecule has 0 radical (unpaired) electrons. The van der Waals surface area contributed by atoms with Crippen molar-refractivity contribution in [3.05, 3.63) is 29.6 Å². The Morgan fingerprint density at radius 1 is 1.47 bits per heavy atom. The van der Waals surface area contributed by atoms with Gasteiger partial charge >= 0.3 is 0 Å². The van der Waals surface area contributed by atoms with Crippen molar-refractivity contribution >= 4 is 10.0 Å². The van der Waals surface area contributed by atoms with Crippen LogP contribution in [0.15, 0.2) is 23.1 Å². The monoisotopic (exact) mass is 258 g/mol. The Balaban J connectivity index is 2.41. The summed E-state index contributed by atoms with van der Waals surface area (Å²) < 4.78 is 39.2. The fourth-order valence-corrected chi connectivity index (χ4v) is 3.58. The van der Waals surface area contributed by atoms with Gasteiger partial charge in [0, 0.05) is 19.1 Å². The quantitative estimate of drug-likeness (QED) is 0.855. The van der Waals surface area contributed by atoms with E-state index in [0.29, 0.717) is 18.5 Å². The standard InChI is InChI=1S/C11H15FN2O2S/c1-8-2-3-10(12)11(6-8)17(15,16)14-5-4-9(13)7-14/h2-3,6,9H,4-5,7,13H2,1H3/t9-/m0/s1. The molecule has 1 aliphatic heterocycles. The van der Waals surface area contributed by atoms with E-state index in [9.17, 15) is 12.8 Å². The minimum absolute atomic E-state index is 0.155. The molecule has 0 aromatic heterocycles. The van der Waals surface area contributed by atoms with Crippen LogP contribution in [0.4, 0.5) is 4.39 Å². The third-order valence-corrected chi connectivity index (χ3v) is 4.77. The first-order valence-electron chi connectivity index (χ1n) is 5.43. The lowest BCUT2D eigenvalue weighted by atomic mass is 10.2. The summed E-state index contributed by atoms with van der Waals surface area (Å²) in [7, 11) is -3.75. The molecular formula is C11H15FN2O2S. The zero-order valence-corrected chi connectivity index (χ0v) is 10.4. The number of sulfonamides is 1. The van der Waals surface area contributed by atoms with Crippen LogP contribution in [0.3, 0.4) is 0 Å². The molecule has 0 amide bonds. The fraction of sp³-hybridized carbons (Fsp3) is 0.455. The van der Waals surface area contributed by atoms with Crippen molar-refractivity contribution in [1.29, 1.82) is 0 Å². The largest absolute Gasteiger partial charge is 0.326 e. The minimum Gasteiger partial charge on any atom is -0.326 e. The summed E-state index contributed by atoms with van der Waals surface area (Å²) in [6.45, 7) is 2.35. The first-order chi connectivity index (χ1) is 7.91. The van der Waals surface area contributed by atoms with Gasteiger partial charge in [0.15, 0.2) is 0 Å². The number of nitrogens with zero attached hydrogens (tertiary/aromatic N) is 1. The second-order valence-electron chi connectivity index (χ2n) is 4.35. The number of aryl methyl sites for hydroxylation is 1. The highest BCUT2D eigenvalue weighted by Gasteiger charge is 2.32. The minimum atomic E-state index is -3.75. The smallest absolute Gasteiger partial charge is 0.246 e. The average molecular weight is 258 g/mol. The Morgan fingerprint density at radius 2 is 2.18 bits per heavy atom. The van der Waals surface area contributed by atoms with Crippen molar-refractivity contribution in [3.8, 4) is 0 Å². The molecular weight excluding hydrogens is 243 g/mol. The van der Waals surface area contributed by atoms with Gasteiger partial charge in [-0.2, -0.15) is 4.31 Å². The number of halogens is 1. The van der Waals surface area contributed by atoms with Gasteiger partial charge in [-0.1, -0.05) is 6.07 Å². The van der Waals surface area contributed by atoms with Crippen LogP contribution in [0.2, 0.25) is 0 Å². The van der Waals surface area contributed by atoms with Crippen LogP contribution in [0, 0.1) is 12.7 Å². The number of rotatable bonds is 2. The van der Waals surface area contributed by atoms with E-state index in [0.717, 1.165) is 0 Å². The van der Waals surface area contributed by atoms with Gasteiger partial charge < -0.3 is 5.73 Å². The molecule has 0 spiro atoms. The molecule has 1 aliphatic rings. The summed E-state index contributed by atoms with van der Waals surface area (Å²) in [6.07, 6.45) is 0.618. The van der Waals surface area contributed by atoms with Crippen LogP contribution in [0.25, 0.3) is 0 Å². The molecule has 1 aromatic rings. The Morgan fingerprint density at radius 3 is 2.76 bits per heavy atom. The highest BCUT2D eigenvalue weighted by atomic mass is 32.2. The zero-order valence-electron chi connectivity index (χ0n) is 9.56. The number of benzene rings is 1. The van der Waals surface area contributed by atoms with Gasteiger partial charge in [0.1, 0.15) is 10.7 Å². The predicted molar refractivity (Wildman–Crippen MR) is 62.5 cm³/mol. The van der Waals surface area contributed by atoms with Crippen LogP contribution in [-0.2, 0) is 10.0 Å². The van der Waals surface area contributed by atoms with E-state index in [1.165, 1.54) is 16.4 Å². The number of nitrogens with two attached hydrogens (primary N) is 1. The molecule has 0 aliphatic carbocycles. The molecule has 17 heavy (non-hydrogen) atoms. The topological polar surface area (TPSA) is 63.4 Å². The van der Waals surface area contributed by atoms with Gasteiger partial charge in [0.05, 0.1) is 0 Å². The molecule has 4 nitrogen and oxygen atoms in total. The van der Waals surface area contributed by atoms with Crippen molar-refractivity contribution in [3.63, 3.8) is 0 Å². The normalized spacial score (nSPS) is 21.9. The van der Waals surface area contributed by atoms with Crippen molar-refractivity contribution in [1.82, 2.24) is 4.31 Å². The lowest BCUT2D eigenvalue weighted by Crippen LogP contribution is -2.32. The molecule has 2 rings (SSSR count). The van der Waals surface area contributed by atoms with Crippen molar-refractivity contribution in [2.45, 2.75) is 24.3 Å². The maximum absolute atomic E-state index is 13.6. The van der Waals surface area contributed by atoms with Crippen LogP contribution < -0.4 is 5.73 Å². The molecule has 1 atom stereocenters. The van der Waals surface area contributed by atoms with Gasteiger partial charge in [0.25, 0.3) is 0 Å². The number of hydrogen-bond donors (Lipinski definition) is 1. The van der Waals surface area contributed by atoms with Crippen molar-refractivity contribution in [2.75, 3.05) is 13.1 Å². The third kappa shape index (κ3) is 2.34. The fourth-order valence-electron chi connectivity index (χ4n) is 1.92. The summed E-state index contributed by atoms with van der Waals surface area (Å²) in [6, 6.07) is 3.93. The maximum Gasteiger partial charge on any atom is 0.246 e. The second-order valence-corrected chi connectivity index (χ2v) is 6.25. The third-order valence-electron chi connectivity index (χ3n) is 2.89. The lowest BCUT2D eigenvalue weighted by Gasteiger charge is -2.16. The average Bonchev–Trinajstić information content (AvgIpc) is 2.69.